The van der Waals surface area contributed by atoms with Crippen LogP contribution in [0.15, 0.2) is 79.3 Å². The minimum atomic E-state index is -0.637. The highest BCUT2D eigenvalue weighted by atomic mass is 79.9. The van der Waals surface area contributed by atoms with E-state index in [2.05, 4.69) is 15.9 Å². The number of hydrogen-bond donors (Lipinski definition) is 0. The Bertz CT molecular complexity index is 1320. The van der Waals surface area contributed by atoms with E-state index < -0.39 is 11.2 Å². The van der Waals surface area contributed by atoms with Gasteiger partial charge in [-0.1, -0.05) is 33.6 Å². The summed E-state index contributed by atoms with van der Waals surface area (Å²) >= 11 is 9.38. The average Bonchev–Trinajstić information content (AvgIpc) is 3.20. The van der Waals surface area contributed by atoms with Crippen LogP contribution in [0, 0.1) is 0 Å². The lowest BCUT2D eigenvalue weighted by Crippen LogP contribution is -2.40. The van der Waals surface area contributed by atoms with Crippen molar-refractivity contribution >= 4 is 44.2 Å². The van der Waals surface area contributed by atoms with Gasteiger partial charge in [-0.2, -0.15) is 0 Å². The summed E-state index contributed by atoms with van der Waals surface area (Å²) in [5.74, 6) is -0.245. The lowest BCUT2D eigenvalue weighted by molar-refractivity contribution is 0.0944. The number of benzene rings is 2. The number of halogens is 2. The molecular formula is C20H12BrClN2O4. The van der Waals surface area contributed by atoms with Gasteiger partial charge < -0.3 is 4.42 Å². The zero-order valence-corrected chi connectivity index (χ0v) is 16.6. The molecule has 0 saturated carbocycles. The molecule has 0 aliphatic rings. The monoisotopic (exact) mass is 458 g/mol. The highest BCUT2D eigenvalue weighted by Gasteiger charge is 2.18. The minimum absolute atomic E-state index is 0.137. The fraction of sp³-hybridized carbons (Fsp3) is 0.0500. The molecule has 2 heterocycles. The number of nitrogens with zero attached hydrogens (tertiary/aromatic N) is 2. The Hall–Kier alpha value is -2.90. The summed E-state index contributed by atoms with van der Waals surface area (Å²) < 4.78 is 8.08. The number of Topliss-reactive ketones (excluding diaryl/α,β-unsaturated/α-hetero) is 1. The number of hydrogen-bond acceptors (Lipinski definition) is 4. The Labute approximate surface area is 171 Å². The molecule has 0 unspecified atom stereocenters. The maximum Gasteiger partial charge on any atom is 0.336 e. The molecule has 2 aromatic heterocycles. The van der Waals surface area contributed by atoms with E-state index in [1.807, 2.05) is 0 Å². The first kappa shape index (κ1) is 18.5. The van der Waals surface area contributed by atoms with Crippen molar-refractivity contribution in [1.82, 2.24) is 9.13 Å². The van der Waals surface area contributed by atoms with Crippen molar-refractivity contribution in [3.63, 3.8) is 0 Å². The third-order valence-electron chi connectivity index (χ3n) is 4.27. The molecule has 2 aromatic carbocycles. The average molecular weight is 460 g/mol. The molecule has 0 saturated heterocycles. The van der Waals surface area contributed by atoms with Gasteiger partial charge in [-0.3, -0.25) is 14.2 Å². The number of furan rings is 1. The number of rotatable bonds is 4. The molecule has 28 heavy (non-hydrogen) atoms. The third-order valence-corrected chi connectivity index (χ3v) is 5.00. The second-order valence-electron chi connectivity index (χ2n) is 6.05. The van der Waals surface area contributed by atoms with Crippen LogP contribution in [0.25, 0.3) is 16.6 Å². The van der Waals surface area contributed by atoms with Crippen LogP contribution < -0.4 is 11.2 Å². The Morgan fingerprint density at radius 3 is 2.61 bits per heavy atom. The van der Waals surface area contributed by atoms with Crippen LogP contribution >= 0.6 is 27.5 Å². The minimum Gasteiger partial charge on any atom is -0.461 e. The van der Waals surface area contributed by atoms with Crippen molar-refractivity contribution in [2.75, 3.05) is 0 Å². The van der Waals surface area contributed by atoms with Crippen molar-refractivity contribution in [2.24, 2.45) is 0 Å². The molecule has 0 fully saturated rings. The molecule has 0 aliphatic heterocycles. The van der Waals surface area contributed by atoms with Crippen molar-refractivity contribution in [1.29, 1.82) is 0 Å². The summed E-state index contributed by atoms with van der Waals surface area (Å²) in [5, 5.41) is 0.678. The van der Waals surface area contributed by atoms with Gasteiger partial charge >= 0.3 is 5.69 Å². The highest BCUT2D eigenvalue weighted by Crippen LogP contribution is 2.18. The number of aromatic nitrogens is 2. The molecule has 140 valence electrons. The molecule has 6 nitrogen and oxygen atoms in total. The maximum atomic E-state index is 13.2. The summed E-state index contributed by atoms with van der Waals surface area (Å²) in [4.78, 5) is 38.8. The van der Waals surface area contributed by atoms with Gasteiger partial charge in [0.1, 0.15) is 0 Å². The summed E-state index contributed by atoms with van der Waals surface area (Å²) in [7, 11) is 0. The maximum absolute atomic E-state index is 13.2. The molecule has 0 radical (unpaired) electrons. The van der Waals surface area contributed by atoms with E-state index in [1.54, 1.807) is 42.5 Å². The van der Waals surface area contributed by atoms with E-state index in [1.165, 1.54) is 23.0 Å². The lowest BCUT2D eigenvalue weighted by Gasteiger charge is -2.14. The van der Waals surface area contributed by atoms with Crippen LogP contribution in [0.3, 0.4) is 0 Å². The van der Waals surface area contributed by atoms with Gasteiger partial charge in [0.05, 0.1) is 29.4 Å². The van der Waals surface area contributed by atoms with Crippen LogP contribution in [0.4, 0.5) is 0 Å². The fourth-order valence-corrected chi connectivity index (χ4v) is 3.55. The molecule has 0 amide bonds. The highest BCUT2D eigenvalue weighted by molar-refractivity contribution is 9.10. The molecule has 4 rings (SSSR count). The Kier molecular flexibility index (Phi) is 4.78. The van der Waals surface area contributed by atoms with Crippen LogP contribution in [0.1, 0.15) is 10.6 Å². The van der Waals surface area contributed by atoms with Crippen LogP contribution in [0.5, 0.6) is 0 Å². The fourth-order valence-electron chi connectivity index (χ4n) is 3.00. The van der Waals surface area contributed by atoms with Gasteiger partial charge in [0.15, 0.2) is 5.76 Å². The van der Waals surface area contributed by atoms with E-state index in [0.717, 1.165) is 4.57 Å². The molecule has 0 N–H and O–H groups in total. The molecule has 8 heteroatoms. The van der Waals surface area contributed by atoms with Gasteiger partial charge in [0.25, 0.3) is 5.56 Å². The predicted octanol–water partition coefficient (Wildman–Crippen LogP) is 4.04. The van der Waals surface area contributed by atoms with E-state index in [-0.39, 0.29) is 18.1 Å². The SMILES string of the molecule is O=C(Cn1c(=O)n(-c2cccc(Cl)c2)c(=O)c2cc(Br)ccc21)c1ccco1. The summed E-state index contributed by atoms with van der Waals surface area (Å²) in [6, 6.07) is 14.5. The lowest BCUT2D eigenvalue weighted by atomic mass is 10.2. The van der Waals surface area contributed by atoms with Crippen LogP contribution in [0.2, 0.25) is 5.02 Å². The van der Waals surface area contributed by atoms with Crippen molar-refractivity contribution in [3.05, 3.63) is 97.0 Å². The first-order chi connectivity index (χ1) is 13.5. The zero-order chi connectivity index (χ0) is 19.8. The summed E-state index contributed by atoms with van der Waals surface area (Å²) in [6.07, 6.45) is 1.39. The van der Waals surface area contributed by atoms with E-state index in [0.29, 0.717) is 26.1 Å². The number of carbonyl (C=O) groups excluding carboxylic acids is 1. The van der Waals surface area contributed by atoms with Gasteiger partial charge in [-0.15, -0.1) is 0 Å². The second-order valence-corrected chi connectivity index (χ2v) is 7.40. The Balaban J connectivity index is 2.02. The van der Waals surface area contributed by atoms with Crippen molar-refractivity contribution in [3.8, 4) is 5.69 Å². The molecule has 0 aliphatic carbocycles. The standard InChI is InChI=1S/C20H12BrClN2O4/c21-12-6-7-16-15(9-12)19(26)24(14-4-1-3-13(22)10-14)20(27)23(16)11-17(25)18-5-2-8-28-18/h1-10H,11H2. The molecular weight excluding hydrogens is 448 g/mol. The Morgan fingerprint density at radius 2 is 1.89 bits per heavy atom. The number of ketones is 1. The molecule has 0 spiro atoms. The van der Waals surface area contributed by atoms with Crippen molar-refractivity contribution < 1.29 is 9.21 Å². The first-order valence-corrected chi connectivity index (χ1v) is 9.40. The smallest absolute Gasteiger partial charge is 0.336 e. The zero-order valence-electron chi connectivity index (χ0n) is 14.3. The Morgan fingerprint density at radius 1 is 1.07 bits per heavy atom. The van der Waals surface area contributed by atoms with Crippen LogP contribution in [-0.2, 0) is 6.54 Å². The number of carbonyl (C=O) groups is 1. The van der Waals surface area contributed by atoms with Gasteiger partial charge in [0, 0.05) is 9.50 Å². The van der Waals surface area contributed by atoms with Gasteiger partial charge in [0.2, 0.25) is 5.78 Å². The quantitative estimate of drug-likeness (QED) is 0.432. The summed E-state index contributed by atoms with van der Waals surface area (Å²) in [6.45, 7) is -0.272. The normalized spacial score (nSPS) is 11.1. The second kappa shape index (κ2) is 7.26. The molecule has 4 aromatic rings. The van der Waals surface area contributed by atoms with E-state index in [9.17, 15) is 14.4 Å². The van der Waals surface area contributed by atoms with E-state index in [4.69, 9.17) is 16.0 Å². The molecule has 0 bridgehead atoms. The first-order valence-electron chi connectivity index (χ1n) is 8.23. The largest absolute Gasteiger partial charge is 0.461 e. The van der Waals surface area contributed by atoms with Gasteiger partial charge in [-0.25, -0.2) is 9.36 Å². The predicted molar refractivity (Wildman–Crippen MR) is 110 cm³/mol. The molecule has 0 atom stereocenters. The van der Waals surface area contributed by atoms with E-state index >= 15 is 0 Å². The number of fused-ring (bicyclic) bond motifs is 1. The van der Waals surface area contributed by atoms with Crippen molar-refractivity contribution in [2.45, 2.75) is 6.54 Å². The topological polar surface area (TPSA) is 74.2 Å². The third kappa shape index (κ3) is 3.23. The van der Waals surface area contributed by atoms with Gasteiger partial charge in [-0.05, 0) is 48.5 Å². The summed E-state index contributed by atoms with van der Waals surface area (Å²) in [5.41, 5.74) is -0.452. The van der Waals surface area contributed by atoms with Crippen LogP contribution in [-0.4, -0.2) is 14.9 Å².